The highest BCUT2D eigenvalue weighted by Gasteiger charge is 2.23. The molecule has 0 spiro atoms. The molecule has 33 heavy (non-hydrogen) atoms. The summed E-state index contributed by atoms with van der Waals surface area (Å²) in [7, 11) is 1.64. The fourth-order valence-corrected chi connectivity index (χ4v) is 3.83. The molecule has 3 aromatic carbocycles. The van der Waals surface area contributed by atoms with Gasteiger partial charge in [0.2, 0.25) is 5.78 Å². The second kappa shape index (κ2) is 9.53. The number of H-pyrrole nitrogens is 1. The Labute approximate surface area is 191 Å². The third-order valence-corrected chi connectivity index (χ3v) is 5.64. The maximum Gasteiger partial charge on any atom is 0.339 e. The maximum atomic E-state index is 13.0. The zero-order valence-electron chi connectivity index (χ0n) is 18.5. The zero-order valence-corrected chi connectivity index (χ0v) is 18.5. The minimum Gasteiger partial charge on any atom is -0.454 e. The first-order chi connectivity index (χ1) is 16.0. The van der Waals surface area contributed by atoms with Crippen molar-refractivity contribution in [2.75, 3.05) is 18.6 Å². The minimum absolute atomic E-state index is 0.116. The molecule has 166 valence electrons. The number of Topliss-reactive ketones (excluding diaryl/α,β-unsaturated/α-hetero) is 1. The average Bonchev–Trinajstić information content (AvgIpc) is 3.31. The van der Waals surface area contributed by atoms with Crippen LogP contribution >= 0.6 is 0 Å². The predicted molar refractivity (Wildman–Crippen MR) is 128 cm³/mol. The van der Waals surface area contributed by atoms with E-state index in [1.807, 2.05) is 55.5 Å². The van der Waals surface area contributed by atoms with Crippen LogP contribution in [0.3, 0.4) is 0 Å². The topological polar surface area (TPSA) is 79.5 Å². The lowest BCUT2D eigenvalue weighted by molar-refractivity contribution is 0.0473. The van der Waals surface area contributed by atoms with E-state index >= 15 is 0 Å². The van der Waals surface area contributed by atoms with E-state index in [0.717, 1.165) is 22.9 Å². The molecular formula is C27H24N2O4. The zero-order chi connectivity index (χ0) is 23.4. The number of nitrogens with one attached hydrogen (secondary N) is 1. The molecule has 0 bridgehead atoms. The molecule has 6 nitrogen and oxygen atoms in total. The van der Waals surface area contributed by atoms with E-state index in [2.05, 4.69) is 4.98 Å². The number of ketones is 1. The van der Waals surface area contributed by atoms with Gasteiger partial charge in [-0.05, 0) is 36.2 Å². The summed E-state index contributed by atoms with van der Waals surface area (Å²) in [5.74, 6) is -1.38. The van der Waals surface area contributed by atoms with Crippen molar-refractivity contribution in [2.24, 2.45) is 0 Å². The number of hydrogen-bond donors (Lipinski definition) is 1. The number of aromatic amines is 1. The van der Waals surface area contributed by atoms with Crippen LogP contribution in [0, 0.1) is 0 Å². The van der Waals surface area contributed by atoms with E-state index in [-0.39, 0.29) is 22.8 Å². The van der Waals surface area contributed by atoms with Crippen molar-refractivity contribution in [3.63, 3.8) is 0 Å². The van der Waals surface area contributed by atoms with Crippen molar-refractivity contribution in [1.29, 1.82) is 0 Å². The van der Waals surface area contributed by atoms with Gasteiger partial charge in [-0.25, -0.2) is 4.79 Å². The van der Waals surface area contributed by atoms with Crippen molar-refractivity contribution in [3.8, 4) is 0 Å². The number of anilines is 1. The molecule has 0 aliphatic rings. The molecule has 0 saturated carbocycles. The Hall–Kier alpha value is -4.19. The number of hydrogen-bond acceptors (Lipinski definition) is 4. The fraction of sp³-hybridized carbons (Fsp3) is 0.148. The third kappa shape index (κ3) is 4.41. The molecule has 0 unspecified atom stereocenters. The van der Waals surface area contributed by atoms with Crippen molar-refractivity contribution in [1.82, 2.24) is 4.98 Å². The summed E-state index contributed by atoms with van der Waals surface area (Å²) in [6, 6.07) is 21.4. The van der Waals surface area contributed by atoms with Crippen LogP contribution < -0.4 is 4.90 Å². The van der Waals surface area contributed by atoms with Crippen molar-refractivity contribution < 1.29 is 19.1 Å². The standard InChI is InChI=1S/C27H24N2O4/c1-3-18-10-9-15-20-23(16-28-25(18)20)24(30)17-33-27(32)22-14-8-7-13-21(22)26(31)29(2)19-11-5-4-6-12-19/h4-16,28H,3,17H2,1-2H3. The van der Waals surface area contributed by atoms with Gasteiger partial charge in [-0.3, -0.25) is 9.59 Å². The molecular weight excluding hydrogens is 416 g/mol. The van der Waals surface area contributed by atoms with E-state index in [9.17, 15) is 14.4 Å². The van der Waals surface area contributed by atoms with Gasteiger partial charge in [-0.1, -0.05) is 55.5 Å². The summed E-state index contributed by atoms with van der Waals surface area (Å²) >= 11 is 0. The van der Waals surface area contributed by atoms with Gasteiger partial charge in [0.1, 0.15) is 0 Å². The number of ether oxygens (including phenoxy) is 1. The van der Waals surface area contributed by atoms with Crippen LogP contribution in [0.1, 0.15) is 43.6 Å². The number of aromatic nitrogens is 1. The molecule has 1 aromatic heterocycles. The monoisotopic (exact) mass is 440 g/mol. The van der Waals surface area contributed by atoms with E-state index in [0.29, 0.717) is 11.3 Å². The molecule has 1 heterocycles. The number of amides is 1. The summed E-state index contributed by atoms with van der Waals surface area (Å²) in [5.41, 5.74) is 3.52. The van der Waals surface area contributed by atoms with Gasteiger partial charge in [-0.2, -0.15) is 0 Å². The molecule has 1 amide bonds. The second-order valence-electron chi connectivity index (χ2n) is 7.64. The van der Waals surface area contributed by atoms with E-state index < -0.39 is 12.6 Å². The highest BCUT2D eigenvalue weighted by molar-refractivity contribution is 6.13. The molecule has 0 fully saturated rings. The number of para-hydroxylation sites is 2. The summed E-state index contributed by atoms with van der Waals surface area (Å²) in [6.07, 6.45) is 2.48. The first-order valence-corrected chi connectivity index (χ1v) is 10.7. The van der Waals surface area contributed by atoms with Gasteiger partial charge >= 0.3 is 5.97 Å². The number of aryl methyl sites for hydroxylation is 1. The summed E-state index contributed by atoms with van der Waals surface area (Å²) in [5, 5.41) is 0.801. The first kappa shape index (κ1) is 22.0. The highest BCUT2D eigenvalue weighted by Crippen LogP contribution is 2.23. The molecule has 0 saturated heterocycles. The Kier molecular flexibility index (Phi) is 6.36. The largest absolute Gasteiger partial charge is 0.454 e. The van der Waals surface area contributed by atoms with Crippen LogP contribution in [0.25, 0.3) is 10.9 Å². The molecule has 0 radical (unpaired) electrons. The van der Waals surface area contributed by atoms with E-state index in [4.69, 9.17) is 4.74 Å². The lowest BCUT2D eigenvalue weighted by Crippen LogP contribution is -2.28. The molecule has 1 N–H and O–H groups in total. The van der Waals surface area contributed by atoms with Gasteiger partial charge in [0.05, 0.1) is 11.1 Å². The van der Waals surface area contributed by atoms with Crippen LogP contribution in [0.4, 0.5) is 5.69 Å². The van der Waals surface area contributed by atoms with Gasteiger partial charge in [0.15, 0.2) is 6.61 Å². The molecule has 4 aromatic rings. The Bertz CT molecular complexity index is 1320. The van der Waals surface area contributed by atoms with E-state index in [1.54, 1.807) is 31.4 Å². The van der Waals surface area contributed by atoms with Crippen LogP contribution in [0.5, 0.6) is 0 Å². The lowest BCUT2D eigenvalue weighted by atomic mass is 10.0. The molecule has 4 rings (SSSR count). The number of benzene rings is 3. The number of carbonyl (C=O) groups excluding carboxylic acids is 3. The summed E-state index contributed by atoms with van der Waals surface area (Å²) in [4.78, 5) is 43.3. The number of fused-ring (bicyclic) bond motifs is 1. The van der Waals surface area contributed by atoms with Crippen LogP contribution in [-0.4, -0.2) is 36.3 Å². The van der Waals surface area contributed by atoms with Crippen LogP contribution in [0.2, 0.25) is 0 Å². The predicted octanol–water partition coefficient (Wildman–Crippen LogP) is 5.05. The fourth-order valence-electron chi connectivity index (χ4n) is 3.83. The number of nitrogens with zero attached hydrogens (tertiary/aromatic N) is 1. The number of esters is 1. The Morgan fingerprint density at radius 2 is 1.55 bits per heavy atom. The van der Waals surface area contributed by atoms with Crippen molar-refractivity contribution >= 4 is 34.3 Å². The third-order valence-electron chi connectivity index (χ3n) is 5.64. The maximum absolute atomic E-state index is 13.0. The molecule has 0 atom stereocenters. The average molecular weight is 440 g/mol. The molecule has 0 aliphatic heterocycles. The summed E-state index contributed by atoms with van der Waals surface area (Å²) in [6.45, 7) is 1.63. The Balaban J connectivity index is 1.51. The van der Waals surface area contributed by atoms with Gasteiger partial charge in [0.25, 0.3) is 5.91 Å². The van der Waals surface area contributed by atoms with Gasteiger partial charge in [0, 0.05) is 35.4 Å². The smallest absolute Gasteiger partial charge is 0.339 e. The van der Waals surface area contributed by atoms with Gasteiger partial charge < -0.3 is 14.6 Å². The minimum atomic E-state index is -0.720. The number of carbonyl (C=O) groups is 3. The Morgan fingerprint density at radius 3 is 2.27 bits per heavy atom. The first-order valence-electron chi connectivity index (χ1n) is 10.7. The van der Waals surface area contributed by atoms with Crippen LogP contribution in [0.15, 0.2) is 79.0 Å². The van der Waals surface area contributed by atoms with Crippen LogP contribution in [-0.2, 0) is 11.2 Å². The highest BCUT2D eigenvalue weighted by atomic mass is 16.5. The van der Waals surface area contributed by atoms with Crippen molar-refractivity contribution in [2.45, 2.75) is 13.3 Å². The molecule has 0 aliphatic carbocycles. The quantitative estimate of drug-likeness (QED) is 0.322. The lowest BCUT2D eigenvalue weighted by Gasteiger charge is -2.18. The van der Waals surface area contributed by atoms with E-state index in [1.165, 1.54) is 11.0 Å². The summed E-state index contributed by atoms with van der Waals surface area (Å²) < 4.78 is 5.32. The van der Waals surface area contributed by atoms with Gasteiger partial charge in [-0.15, -0.1) is 0 Å². The SMILES string of the molecule is CCc1cccc2c(C(=O)COC(=O)c3ccccc3C(=O)N(C)c3ccccc3)c[nH]c12. The Morgan fingerprint density at radius 1 is 0.848 bits per heavy atom. The normalized spacial score (nSPS) is 10.7. The second-order valence-corrected chi connectivity index (χ2v) is 7.64. The molecule has 6 heteroatoms. The number of rotatable bonds is 7. The van der Waals surface area contributed by atoms with Crippen molar-refractivity contribution in [3.05, 3.63) is 101 Å².